The minimum atomic E-state index is 0.267. The van der Waals surface area contributed by atoms with E-state index in [0.717, 1.165) is 22.7 Å². The van der Waals surface area contributed by atoms with Gasteiger partial charge in [0.1, 0.15) is 0 Å². The summed E-state index contributed by atoms with van der Waals surface area (Å²) in [6.07, 6.45) is 2.05. The van der Waals surface area contributed by atoms with Crippen LogP contribution in [0, 0.1) is 6.92 Å². The molecule has 2 rings (SSSR count). The van der Waals surface area contributed by atoms with Crippen molar-refractivity contribution in [3.63, 3.8) is 0 Å². The van der Waals surface area contributed by atoms with Crippen LogP contribution >= 0.6 is 27.3 Å². The molecule has 0 aliphatic carbocycles. The van der Waals surface area contributed by atoms with Gasteiger partial charge in [0.05, 0.1) is 24.9 Å². The largest absolute Gasteiger partial charge is 0.383 e. The summed E-state index contributed by atoms with van der Waals surface area (Å²) < 4.78 is 8.46. The third-order valence-corrected chi connectivity index (χ3v) is 4.48. The van der Waals surface area contributed by atoms with Crippen LogP contribution in [0.1, 0.15) is 23.5 Å². The number of methoxy groups -OCH3 is 1. The van der Waals surface area contributed by atoms with Crippen LogP contribution in [0.2, 0.25) is 0 Å². The van der Waals surface area contributed by atoms with Gasteiger partial charge in [-0.1, -0.05) is 0 Å². The van der Waals surface area contributed by atoms with Gasteiger partial charge in [-0.25, -0.2) is 4.98 Å². The first-order valence-corrected chi connectivity index (χ1v) is 7.78. The van der Waals surface area contributed by atoms with E-state index in [-0.39, 0.29) is 6.04 Å². The normalized spacial score (nSPS) is 12.6. The molecule has 0 spiro atoms. The summed E-state index contributed by atoms with van der Waals surface area (Å²) in [6, 6.07) is 2.39. The molecule has 0 radical (unpaired) electrons. The van der Waals surface area contributed by atoms with Gasteiger partial charge in [0, 0.05) is 28.0 Å². The Morgan fingerprint density at radius 3 is 3.00 bits per heavy atom. The lowest BCUT2D eigenvalue weighted by atomic mass is 10.3. The summed E-state index contributed by atoms with van der Waals surface area (Å²) >= 11 is 5.20. The van der Waals surface area contributed by atoms with Crippen molar-refractivity contribution < 1.29 is 4.74 Å². The highest BCUT2D eigenvalue weighted by molar-refractivity contribution is 9.10. The van der Waals surface area contributed by atoms with Crippen LogP contribution in [0.25, 0.3) is 0 Å². The lowest BCUT2D eigenvalue weighted by Gasteiger charge is -2.15. The van der Waals surface area contributed by atoms with E-state index in [4.69, 9.17) is 4.74 Å². The van der Waals surface area contributed by atoms with Gasteiger partial charge in [-0.2, -0.15) is 0 Å². The number of ether oxygens (including phenoxy) is 1. The summed E-state index contributed by atoms with van der Waals surface area (Å²) in [5.74, 6) is 0.895. The van der Waals surface area contributed by atoms with Crippen molar-refractivity contribution >= 4 is 33.2 Å². The van der Waals surface area contributed by atoms with E-state index >= 15 is 0 Å². The molecule has 0 aliphatic rings. The molecule has 0 fully saturated rings. The molecule has 2 aromatic rings. The molecule has 2 heterocycles. The van der Waals surface area contributed by atoms with Crippen molar-refractivity contribution in [1.82, 2.24) is 9.55 Å². The standard InChI is InChI=1S/C13H18BrN3OS/c1-9-6-17(10(2)7-18-3)13(16-9)15-5-12-4-11(14)8-19-12/h4,6,8,10H,5,7H2,1-3H3,(H,15,16). The highest BCUT2D eigenvalue weighted by Gasteiger charge is 2.11. The van der Waals surface area contributed by atoms with Gasteiger partial charge in [-0.3, -0.25) is 0 Å². The van der Waals surface area contributed by atoms with Crippen molar-refractivity contribution in [3.05, 3.63) is 32.7 Å². The number of aromatic nitrogens is 2. The Kier molecular flexibility index (Phi) is 5.01. The Hall–Kier alpha value is -0.850. The number of hydrogen-bond acceptors (Lipinski definition) is 4. The van der Waals surface area contributed by atoms with Gasteiger partial charge in [-0.05, 0) is 35.8 Å². The first-order chi connectivity index (χ1) is 9.10. The SMILES string of the molecule is COCC(C)n1cc(C)nc1NCc1cc(Br)cs1. The first-order valence-electron chi connectivity index (χ1n) is 6.11. The van der Waals surface area contributed by atoms with Gasteiger partial charge >= 0.3 is 0 Å². The summed E-state index contributed by atoms with van der Waals surface area (Å²) in [4.78, 5) is 5.80. The number of hydrogen-bond donors (Lipinski definition) is 1. The maximum atomic E-state index is 5.21. The van der Waals surface area contributed by atoms with Crippen molar-refractivity contribution in [2.45, 2.75) is 26.4 Å². The number of halogens is 1. The third-order valence-electron chi connectivity index (χ3n) is 2.78. The molecular formula is C13H18BrN3OS. The van der Waals surface area contributed by atoms with Gasteiger partial charge in [0.25, 0.3) is 0 Å². The van der Waals surface area contributed by atoms with Crippen molar-refractivity contribution in [2.75, 3.05) is 19.0 Å². The second-order valence-electron chi connectivity index (χ2n) is 4.50. The maximum absolute atomic E-state index is 5.21. The summed E-state index contributed by atoms with van der Waals surface area (Å²) in [7, 11) is 1.72. The van der Waals surface area contributed by atoms with Gasteiger partial charge in [0.2, 0.25) is 5.95 Å². The monoisotopic (exact) mass is 343 g/mol. The van der Waals surface area contributed by atoms with Crippen molar-refractivity contribution in [1.29, 1.82) is 0 Å². The van der Waals surface area contributed by atoms with Crippen LogP contribution in [-0.2, 0) is 11.3 Å². The topological polar surface area (TPSA) is 39.1 Å². The van der Waals surface area contributed by atoms with Gasteiger partial charge in [-0.15, -0.1) is 11.3 Å². The highest BCUT2D eigenvalue weighted by Crippen LogP contribution is 2.22. The van der Waals surface area contributed by atoms with Crippen LogP contribution in [0.3, 0.4) is 0 Å². The Balaban J connectivity index is 2.07. The Morgan fingerprint density at radius 1 is 1.58 bits per heavy atom. The molecule has 0 amide bonds. The zero-order valence-electron chi connectivity index (χ0n) is 11.3. The molecule has 0 bridgehead atoms. The number of rotatable bonds is 6. The molecule has 6 heteroatoms. The van der Waals surface area contributed by atoms with E-state index in [9.17, 15) is 0 Å². The molecule has 0 saturated heterocycles. The third kappa shape index (κ3) is 3.81. The number of anilines is 1. The average molecular weight is 344 g/mol. The minimum Gasteiger partial charge on any atom is -0.383 e. The maximum Gasteiger partial charge on any atom is 0.203 e. The molecule has 2 aromatic heterocycles. The molecule has 1 unspecified atom stereocenters. The Labute approximate surface area is 125 Å². The average Bonchev–Trinajstić information content (AvgIpc) is 2.93. The minimum absolute atomic E-state index is 0.267. The Bertz CT molecular complexity index is 538. The molecule has 1 N–H and O–H groups in total. The summed E-state index contributed by atoms with van der Waals surface area (Å²) in [5, 5.41) is 5.47. The smallest absolute Gasteiger partial charge is 0.203 e. The van der Waals surface area contributed by atoms with E-state index in [2.05, 4.69) is 55.4 Å². The molecule has 104 valence electrons. The molecule has 0 saturated carbocycles. The van der Waals surface area contributed by atoms with Crippen molar-refractivity contribution in [2.24, 2.45) is 0 Å². The van der Waals surface area contributed by atoms with E-state index in [0.29, 0.717) is 6.61 Å². The molecule has 1 atom stereocenters. The number of nitrogens with zero attached hydrogens (tertiary/aromatic N) is 2. The highest BCUT2D eigenvalue weighted by atomic mass is 79.9. The van der Waals surface area contributed by atoms with Crippen LogP contribution in [0.4, 0.5) is 5.95 Å². The second kappa shape index (κ2) is 6.54. The quantitative estimate of drug-likeness (QED) is 0.866. The van der Waals surface area contributed by atoms with E-state index in [1.165, 1.54) is 4.88 Å². The summed E-state index contributed by atoms with van der Waals surface area (Å²) in [6.45, 7) is 5.59. The second-order valence-corrected chi connectivity index (χ2v) is 6.41. The van der Waals surface area contributed by atoms with Crippen LogP contribution in [0.15, 0.2) is 22.1 Å². The van der Waals surface area contributed by atoms with Gasteiger partial charge in [0.15, 0.2) is 0 Å². The van der Waals surface area contributed by atoms with E-state index in [1.54, 1.807) is 18.4 Å². The number of aryl methyl sites for hydroxylation is 1. The number of thiophene rings is 1. The van der Waals surface area contributed by atoms with E-state index in [1.807, 2.05) is 6.92 Å². The summed E-state index contributed by atoms with van der Waals surface area (Å²) in [5.41, 5.74) is 1.01. The zero-order chi connectivity index (χ0) is 13.8. The fourth-order valence-electron chi connectivity index (χ4n) is 1.92. The predicted molar refractivity (Wildman–Crippen MR) is 82.9 cm³/mol. The van der Waals surface area contributed by atoms with E-state index < -0.39 is 0 Å². The number of nitrogens with one attached hydrogen (secondary N) is 1. The molecule has 4 nitrogen and oxygen atoms in total. The molecular weight excluding hydrogens is 326 g/mol. The van der Waals surface area contributed by atoms with Crippen LogP contribution in [-0.4, -0.2) is 23.3 Å². The van der Waals surface area contributed by atoms with Crippen molar-refractivity contribution in [3.8, 4) is 0 Å². The molecule has 19 heavy (non-hydrogen) atoms. The van der Waals surface area contributed by atoms with Crippen LogP contribution in [0.5, 0.6) is 0 Å². The molecule has 0 aromatic carbocycles. The fraction of sp³-hybridized carbons (Fsp3) is 0.462. The number of imidazole rings is 1. The molecule has 0 aliphatic heterocycles. The predicted octanol–water partition coefficient (Wildman–Crippen LogP) is 3.84. The lowest BCUT2D eigenvalue weighted by Crippen LogP contribution is -2.14. The van der Waals surface area contributed by atoms with Gasteiger partial charge < -0.3 is 14.6 Å². The Morgan fingerprint density at radius 2 is 2.37 bits per heavy atom. The first kappa shape index (κ1) is 14.6. The fourth-order valence-corrected chi connectivity index (χ4v) is 3.31. The van der Waals surface area contributed by atoms with Crippen LogP contribution < -0.4 is 5.32 Å². The lowest BCUT2D eigenvalue weighted by molar-refractivity contribution is 0.163. The zero-order valence-corrected chi connectivity index (χ0v) is 13.7.